The number of nitrogens with one attached hydrogen (secondary N) is 1. The Morgan fingerprint density at radius 2 is 2.37 bits per heavy atom. The van der Waals surface area contributed by atoms with Crippen molar-refractivity contribution in [1.82, 2.24) is 5.32 Å². The van der Waals surface area contributed by atoms with E-state index in [0.29, 0.717) is 6.04 Å². The van der Waals surface area contributed by atoms with Gasteiger partial charge in [0.2, 0.25) is 0 Å². The Kier molecular flexibility index (Phi) is 3.53. The third-order valence-corrected chi connectivity index (χ3v) is 4.44. The minimum Gasteiger partial charge on any atom is -0.488 e. The number of rotatable bonds is 4. The van der Waals surface area contributed by atoms with Gasteiger partial charge in [-0.1, -0.05) is 6.07 Å². The largest absolute Gasteiger partial charge is 0.488 e. The van der Waals surface area contributed by atoms with Gasteiger partial charge in [-0.3, -0.25) is 0 Å². The summed E-state index contributed by atoms with van der Waals surface area (Å²) < 4.78 is 18.9. The molecule has 0 saturated heterocycles. The van der Waals surface area contributed by atoms with Crippen LogP contribution in [0.5, 0.6) is 5.75 Å². The van der Waals surface area contributed by atoms with Gasteiger partial charge in [-0.05, 0) is 36.6 Å². The van der Waals surface area contributed by atoms with Crippen LogP contribution in [0.4, 0.5) is 4.39 Å². The van der Waals surface area contributed by atoms with Crippen LogP contribution in [0.1, 0.15) is 23.4 Å². The molecule has 0 amide bonds. The summed E-state index contributed by atoms with van der Waals surface area (Å²) in [5.74, 6) is 0.625. The van der Waals surface area contributed by atoms with Gasteiger partial charge in [-0.2, -0.15) is 0 Å². The zero-order valence-corrected chi connectivity index (χ0v) is 11.5. The van der Waals surface area contributed by atoms with Gasteiger partial charge in [0.15, 0.2) is 0 Å². The Hall–Kier alpha value is -1.39. The quantitative estimate of drug-likeness (QED) is 0.923. The van der Waals surface area contributed by atoms with Crippen LogP contribution in [0.3, 0.4) is 0 Å². The smallest absolute Gasteiger partial charge is 0.123 e. The van der Waals surface area contributed by atoms with Crippen LogP contribution < -0.4 is 10.1 Å². The molecule has 0 spiro atoms. The Labute approximate surface area is 116 Å². The minimum absolute atomic E-state index is 0.0965. The second-order valence-corrected chi connectivity index (χ2v) is 5.82. The highest BCUT2D eigenvalue weighted by Gasteiger charge is 2.23. The predicted octanol–water partition coefficient (Wildman–Crippen LogP) is 3.54. The van der Waals surface area contributed by atoms with Crippen molar-refractivity contribution in [2.45, 2.75) is 25.5 Å². The molecule has 4 heteroatoms. The van der Waals surface area contributed by atoms with Gasteiger partial charge >= 0.3 is 0 Å². The number of benzene rings is 1. The van der Waals surface area contributed by atoms with E-state index in [4.69, 9.17) is 4.74 Å². The van der Waals surface area contributed by atoms with E-state index in [-0.39, 0.29) is 11.9 Å². The third-order valence-electron chi connectivity index (χ3n) is 3.39. The van der Waals surface area contributed by atoms with E-state index >= 15 is 0 Å². The average Bonchev–Trinajstić information content (AvgIpc) is 3.04. The molecular formula is C15H16FNOS. The molecule has 3 rings (SSSR count). The molecular weight excluding hydrogens is 261 g/mol. The second-order valence-electron chi connectivity index (χ2n) is 4.84. The zero-order valence-electron chi connectivity index (χ0n) is 10.7. The van der Waals surface area contributed by atoms with Crippen LogP contribution in [-0.2, 0) is 6.42 Å². The van der Waals surface area contributed by atoms with Crippen LogP contribution in [-0.4, -0.2) is 12.6 Å². The van der Waals surface area contributed by atoms with Gasteiger partial charge < -0.3 is 10.1 Å². The molecule has 0 bridgehead atoms. The van der Waals surface area contributed by atoms with Gasteiger partial charge in [0.25, 0.3) is 0 Å². The van der Waals surface area contributed by atoms with E-state index in [1.54, 1.807) is 23.5 Å². The molecule has 19 heavy (non-hydrogen) atoms. The number of fused-ring (bicyclic) bond motifs is 1. The van der Waals surface area contributed by atoms with Crippen LogP contribution in [0.2, 0.25) is 0 Å². The molecule has 0 aliphatic carbocycles. The van der Waals surface area contributed by atoms with Crippen molar-refractivity contribution in [1.29, 1.82) is 0 Å². The minimum atomic E-state index is -0.192. The van der Waals surface area contributed by atoms with Crippen molar-refractivity contribution in [2.75, 3.05) is 6.54 Å². The molecule has 1 N–H and O–H groups in total. The zero-order chi connectivity index (χ0) is 13.2. The Morgan fingerprint density at radius 1 is 1.47 bits per heavy atom. The van der Waals surface area contributed by atoms with E-state index in [1.165, 1.54) is 10.9 Å². The summed E-state index contributed by atoms with van der Waals surface area (Å²) in [4.78, 5) is 1.32. The molecule has 1 unspecified atom stereocenters. The van der Waals surface area contributed by atoms with Crippen LogP contribution in [0.15, 0.2) is 35.7 Å². The summed E-state index contributed by atoms with van der Waals surface area (Å²) in [6.45, 7) is 2.92. The lowest BCUT2D eigenvalue weighted by molar-refractivity contribution is 0.223. The third kappa shape index (κ3) is 2.80. The molecule has 2 atom stereocenters. The molecule has 2 heterocycles. The monoisotopic (exact) mass is 277 g/mol. The highest BCUT2D eigenvalue weighted by Crippen LogP contribution is 2.29. The maximum Gasteiger partial charge on any atom is 0.123 e. The molecule has 0 saturated carbocycles. The Bertz CT molecular complexity index is 555. The molecule has 100 valence electrons. The van der Waals surface area contributed by atoms with Crippen molar-refractivity contribution < 1.29 is 9.13 Å². The van der Waals surface area contributed by atoms with Crippen molar-refractivity contribution in [2.24, 2.45) is 0 Å². The van der Waals surface area contributed by atoms with Crippen molar-refractivity contribution in [3.05, 3.63) is 52.0 Å². The van der Waals surface area contributed by atoms with E-state index in [0.717, 1.165) is 24.3 Å². The van der Waals surface area contributed by atoms with Gasteiger partial charge in [-0.25, -0.2) is 4.39 Å². The second kappa shape index (κ2) is 5.31. The molecule has 1 aromatic heterocycles. The van der Waals surface area contributed by atoms with E-state index in [1.807, 2.05) is 0 Å². The number of hydrogen-bond acceptors (Lipinski definition) is 3. The number of halogens is 1. The van der Waals surface area contributed by atoms with E-state index in [2.05, 4.69) is 29.8 Å². The van der Waals surface area contributed by atoms with Crippen molar-refractivity contribution >= 4 is 11.3 Å². The summed E-state index contributed by atoms with van der Waals surface area (Å²) in [5, 5.41) is 5.55. The molecule has 1 aliphatic heterocycles. The number of hydrogen-bond donors (Lipinski definition) is 1. The average molecular weight is 277 g/mol. The first-order chi connectivity index (χ1) is 9.22. The molecule has 1 aliphatic rings. The predicted molar refractivity (Wildman–Crippen MR) is 75.3 cm³/mol. The molecule has 0 radical (unpaired) electrons. The topological polar surface area (TPSA) is 21.3 Å². The first kappa shape index (κ1) is 12.6. The van der Waals surface area contributed by atoms with Crippen molar-refractivity contribution in [3.8, 4) is 5.75 Å². The van der Waals surface area contributed by atoms with Gasteiger partial charge in [0.05, 0.1) is 0 Å². The summed E-state index contributed by atoms with van der Waals surface area (Å²) in [6.07, 6.45) is 0.872. The van der Waals surface area contributed by atoms with Crippen LogP contribution >= 0.6 is 11.3 Å². The molecule has 2 aromatic rings. The summed E-state index contributed by atoms with van der Waals surface area (Å²) in [5.41, 5.74) is 0.968. The lowest BCUT2D eigenvalue weighted by Gasteiger charge is -2.16. The fraction of sp³-hybridized carbons (Fsp3) is 0.333. The van der Waals surface area contributed by atoms with Gasteiger partial charge in [-0.15, -0.1) is 11.3 Å². The Balaban J connectivity index is 1.56. The van der Waals surface area contributed by atoms with E-state index in [9.17, 15) is 4.39 Å². The lowest BCUT2D eigenvalue weighted by atomic mass is 10.1. The van der Waals surface area contributed by atoms with Gasteiger partial charge in [0, 0.05) is 29.4 Å². The number of thiophene rings is 1. The van der Waals surface area contributed by atoms with E-state index < -0.39 is 0 Å². The molecule has 2 nitrogen and oxygen atoms in total. The first-order valence-corrected chi connectivity index (χ1v) is 7.32. The molecule has 0 fully saturated rings. The SMILES string of the molecule is C[C@H](NCC1Cc2cc(F)ccc2O1)c1cccs1. The maximum absolute atomic E-state index is 13.1. The highest BCUT2D eigenvalue weighted by atomic mass is 32.1. The highest BCUT2D eigenvalue weighted by molar-refractivity contribution is 7.10. The lowest BCUT2D eigenvalue weighted by Crippen LogP contribution is -2.31. The fourth-order valence-electron chi connectivity index (χ4n) is 2.35. The summed E-state index contributed by atoms with van der Waals surface area (Å²) in [6, 6.07) is 9.24. The van der Waals surface area contributed by atoms with Crippen molar-refractivity contribution in [3.63, 3.8) is 0 Å². The molecule has 1 aromatic carbocycles. The van der Waals surface area contributed by atoms with Gasteiger partial charge in [0.1, 0.15) is 17.7 Å². The number of ether oxygens (including phenoxy) is 1. The van der Waals surface area contributed by atoms with Crippen LogP contribution in [0.25, 0.3) is 0 Å². The Morgan fingerprint density at radius 3 is 3.16 bits per heavy atom. The fourth-order valence-corrected chi connectivity index (χ4v) is 3.11. The normalized spacial score (nSPS) is 18.9. The maximum atomic E-state index is 13.1. The standard InChI is InChI=1S/C15H16FNOS/c1-10(15-3-2-6-19-15)17-9-13-8-11-7-12(16)4-5-14(11)18-13/h2-7,10,13,17H,8-9H2,1H3/t10-,13?/m0/s1. The summed E-state index contributed by atoms with van der Waals surface area (Å²) >= 11 is 1.75. The first-order valence-electron chi connectivity index (χ1n) is 6.44. The summed E-state index contributed by atoms with van der Waals surface area (Å²) in [7, 11) is 0. The van der Waals surface area contributed by atoms with Crippen LogP contribution in [0, 0.1) is 5.82 Å².